The zero-order chi connectivity index (χ0) is 15.6. The number of aromatic nitrogens is 2. The average molecular weight is 291 g/mol. The predicted octanol–water partition coefficient (Wildman–Crippen LogP) is 2.29. The molecule has 1 heterocycles. The average Bonchev–Trinajstić information content (AvgIpc) is 2.73. The van der Waals surface area contributed by atoms with Crippen molar-refractivity contribution in [2.24, 2.45) is 0 Å². The van der Waals surface area contributed by atoms with Crippen LogP contribution >= 0.6 is 0 Å². The summed E-state index contributed by atoms with van der Waals surface area (Å²) < 4.78 is 13.2. The van der Waals surface area contributed by atoms with Gasteiger partial charge in [0, 0.05) is 11.3 Å². The van der Waals surface area contributed by atoms with Gasteiger partial charge in [0.2, 0.25) is 5.91 Å². The number of carbonyl (C=O) groups is 1. The lowest BCUT2D eigenvalue weighted by molar-refractivity contribution is -0.121. The smallest absolute Gasteiger partial charge is 0.224 e. The summed E-state index contributed by atoms with van der Waals surface area (Å²) in [6.07, 6.45) is 0.0531. The highest BCUT2D eigenvalue weighted by molar-refractivity contribution is 5.79. The maximum absolute atomic E-state index is 13.2. The Morgan fingerprint density at radius 2 is 2.19 bits per heavy atom. The molecular weight excluding hydrogens is 273 g/mol. The highest BCUT2D eigenvalue weighted by atomic mass is 19.1. The van der Waals surface area contributed by atoms with Crippen molar-refractivity contribution in [1.82, 2.24) is 15.5 Å². The van der Waals surface area contributed by atoms with Crippen molar-refractivity contribution in [2.45, 2.75) is 33.2 Å². The predicted molar refractivity (Wildman–Crippen MR) is 76.4 cm³/mol. The van der Waals surface area contributed by atoms with Gasteiger partial charge in [-0.3, -0.25) is 9.89 Å². The Hall–Kier alpha value is -2.37. The SMILES string of the molecule is Cc1n[nH]c(C)c1[C@@H](C)NC(=O)Cc1ccc(O)c(F)c1. The lowest BCUT2D eigenvalue weighted by Gasteiger charge is -2.14. The number of H-pyrrole nitrogens is 1. The molecule has 0 aliphatic carbocycles. The molecule has 1 aromatic heterocycles. The fourth-order valence-electron chi connectivity index (χ4n) is 2.41. The minimum Gasteiger partial charge on any atom is -0.505 e. The molecule has 1 atom stereocenters. The maximum Gasteiger partial charge on any atom is 0.224 e. The number of hydrogen-bond acceptors (Lipinski definition) is 3. The van der Waals surface area contributed by atoms with Gasteiger partial charge in [-0.25, -0.2) is 4.39 Å². The van der Waals surface area contributed by atoms with Crippen molar-refractivity contribution >= 4 is 5.91 Å². The minimum atomic E-state index is -0.727. The van der Waals surface area contributed by atoms with Crippen molar-refractivity contribution in [3.8, 4) is 5.75 Å². The lowest BCUT2D eigenvalue weighted by Crippen LogP contribution is -2.28. The van der Waals surface area contributed by atoms with E-state index in [4.69, 9.17) is 5.11 Å². The summed E-state index contributed by atoms with van der Waals surface area (Å²) in [5.74, 6) is -1.36. The fraction of sp³-hybridized carbons (Fsp3) is 0.333. The number of aryl methyl sites for hydroxylation is 2. The van der Waals surface area contributed by atoms with Crippen LogP contribution in [0, 0.1) is 19.7 Å². The van der Waals surface area contributed by atoms with Gasteiger partial charge in [0.25, 0.3) is 0 Å². The van der Waals surface area contributed by atoms with Crippen molar-refractivity contribution < 1.29 is 14.3 Å². The monoisotopic (exact) mass is 291 g/mol. The summed E-state index contributed by atoms with van der Waals surface area (Å²) >= 11 is 0. The van der Waals surface area contributed by atoms with Crippen molar-refractivity contribution in [3.05, 3.63) is 46.5 Å². The Morgan fingerprint density at radius 3 is 2.76 bits per heavy atom. The molecule has 3 N–H and O–H groups in total. The third-order valence-corrected chi connectivity index (χ3v) is 3.37. The molecule has 0 saturated carbocycles. The summed E-state index contributed by atoms with van der Waals surface area (Å²) in [5, 5.41) is 19.0. The van der Waals surface area contributed by atoms with Gasteiger partial charge in [0.1, 0.15) is 0 Å². The first-order valence-corrected chi connectivity index (χ1v) is 6.66. The van der Waals surface area contributed by atoms with E-state index in [0.29, 0.717) is 5.56 Å². The molecule has 112 valence electrons. The van der Waals surface area contributed by atoms with Crippen LogP contribution in [0.3, 0.4) is 0 Å². The molecule has 0 aliphatic rings. The highest BCUT2D eigenvalue weighted by Crippen LogP contribution is 2.20. The Bertz CT molecular complexity index is 647. The number of nitrogens with one attached hydrogen (secondary N) is 2. The first-order valence-electron chi connectivity index (χ1n) is 6.66. The van der Waals surface area contributed by atoms with E-state index in [1.807, 2.05) is 20.8 Å². The first-order chi connectivity index (χ1) is 9.88. The molecule has 2 aromatic rings. The van der Waals surface area contributed by atoms with Crippen LogP contribution in [-0.4, -0.2) is 21.2 Å². The standard InChI is InChI=1S/C15H18FN3O2/c1-8(15-9(2)18-19-10(15)3)17-14(21)7-11-4-5-13(20)12(16)6-11/h4-6,8,20H,7H2,1-3H3,(H,17,21)(H,18,19)/t8-/m1/s1. The zero-order valence-electron chi connectivity index (χ0n) is 12.2. The van der Waals surface area contributed by atoms with Gasteiger partial charge in [0.05, 0.1) is 18.2 Å². The molecule has 0 aliphatic heterocycles. The topological polar surface area (TPSA) is 78.0 Å². The van der Waals surface area contributed by atoms with E-state index in [1.54, 1.807) is 0 Å². The van der Waals surface area contributed by atoms with E-state index in [2.05, 4.69) is 15.5 Å². The summed E-state index contributed by atoms with van der Waals surface area (Å²) in [4.78, 5) is 12.0. The molecule has 21 heavy (non-hydrogen) atoms. The quantitative estimate of drug-likeness (QED) is 0.808. The van der Waals surface area contributed by atoms with Gasteiger partial charge in [-0.05, 0) is 38.5 Å². The number of aromatic hydroxyl groups is 1. The maximum atomic E-state index is 13.2. The molecule has 0 radical (unpaired) electrons. The Kier molecular flexibility index (Phi) is 4.26. The third-order valence-electron chi connectivity index (χ3n) is 3.37. The zero-order valence-corrected chi connectivity index (χ0v) is 12.2. The Labute approximate surface area is 122 Å². The summed E-state index contributed by atoms with van der Waals surface area (Å²) in [6, 6.07) is 3.75. The largest absolute Gasteiger partial charge is 0.505 e. The van der Waals surface area contributed by atoms with E-state index in [0.717, 1.165) is 23.0 Å². The molecule has 0 fully saturated rings. The minimum absolute atomic E-state index is 0.0531. The molecule has 0 saturated heterocycles. The molecule has 5 nitrogen and oxygen atoms in total. The number of phenols is 1. The van der Waals surface area contributed by atoms with Crippen LogP contribution in [0.15, 0.2) is 18.2 Å². The van der Waals surface area contributed by atoms with Crippen molar-refractivity contribution in [2.75, 3.05) is 0 Å². The number of carbonyl (C=O) groups excluding carboxylic acids is 1. The number of rotatable bonds is 4. The molecule has 0 spiro atoms. The molecular formula is C15H18FN3O2. The van der Waals surface area contributed by atoms with Gasteiger partial charge in [-0.15, -0.1) is 0 Å². The molecule has 6 heteroatoms. The second-order valence-electron chi connectivity index (χ2n) is 5.10. The van der Waals surface area contributed by atoms with E-state index in [1.165, 1.54) is 12.1 Å². The Balaban J connectivity index is 2.03. The van der Waals surface area contributed by atoms with Crippen LogP contribution < -0.4 is 5.32 Å². The van der Waals surface area contributed by atoms with Gasteiger partial charge in [-0.2, -0.15) is 5.10 Å². The number of nitrogens with zero attached hydrogens (tertiary/aromatic N) is 1. The number of phenolic OH excluding ortho intramolecular Hbond substituents is 1. The molecule has 0 unspecified atom stereocenters. The molecule has 1 aromatic carbocycles. The highest BCUT2D eigenvalue weighted by Gasteiger charge is 2.16. The van der Waals surface area contributed by atoms with Crippen LogP contribution in [0.25, 0.3) is 0 Å². The van der Waals surface area contributed by atoms with Crippen LogP contribution in [0.2, 0.25) is 0 Å². The van der Waals surface area contributed by atoms with Gasteiger partial charge >= 0.3 is 0 Å². The van der Waals surface area contributed by atoms with Gasteiger partial charge in [-0.1, -0.05) is 6.07 Å². The molecule has 0 bridgehead atoms. The van der Waals surface area contributed by atoms with E-state index in [9.17, 15) is 9.18 Å². The lowest BCUT2D eigenvalue weighted by atomic mass is 10.1. The third kappa shape index (κ3) is 3.39. The number of amides is 1. The van der Waals surface area contributed by atoms with Crippen LogP contribution in [0.1, 0.15) is 35.5 Å². The summed E-state index contributed by atoms with van der Waals surface area (Å²) in [7, 11) is 0. The van der Waals surface area contributed by atoms with E-state index < -0.39 is 11.6 Å². The normalized spacial score (nSPS) is 12.2. The number of halogens is 1. The summed E-state index contributed by atoms with van der Waals surface area (Å²) in [6.45, 7) is 5.64. The molecule has 2 rings (SSSR count). The number of aromatic amines is 1. The van der Waals surface area contributed by atoms with Crippen molar-refractivity contribution in [3.63, 3.8) is 0 Å². The van der Waals surface area contributed by atoms with E-state index in [-0.39, 0.29) is 18.4 Å². The molecule has 1 amide bonds. The first kappa shape index (κ1) is 15.0. The van der Waals surface area contributed by atoms with Crippen molar-refractivity contribution in [1.29, 1.82) is 0 Å². The Morgan fingerprint density at radius 1 is 1.48 bits per heavy atom. The number of benzene rings is 1. The summed E-state index contributed by atoms with van der Waals surface area (Å²) in [5.41, 5.74) is 3.22. The second-order valence-corrected chi connectivity index (χ2v) is 5.10. The van der Waals surface area contributed by atoms with E-state index >= 15 is 0 Å². The second kappa shape index (κ2) is 5.95. The fourth-order valence-corrected chi connectivity index (χ4v) is 2.41. The van der Waals surface area contributed by atoms with Crippen LogP contribution in [-0.2, 0) is 11.2 Å². The van der Waals surface area contributed by atoms with Crippen LogP contribution in [0.5, 0.6) is 5.75 Å². The van der Waals surface area contributed by atoms with Gasteiger partial charge in [0.15, 0.2) is 11.6 Å². The van der Waals surface area contributed by atoms with Crippen LogP contribution in [0.4, 0.5) is 4.39 Å². The van der Waals surface area contributed by atoms with Gasteiger partial charge < -0.3 is 10.4 Å². The number of hydrogen-bond donors (Lipinski definition) is 3.